The fraction of sp³-hybridized carbons (Fsp3) is 0.0244. The van der Waals surface area contributed by atoms with Crippen LogP contribution in [0.3, 0.4) is 0 Å². The van der Waals surface area contributed by atoms with Crippen LogP contribution < -0.4 is 0 Å². The van der Waals surface area contributed by atoms with Gasteiger partial charge in [0, 0.05) is 37.0 Å². The van der Waals surface area contributed by atoms with Gasteiger partial charge in [-0.25, -0.2) is 9.97 Å². The topological polar surface area (TPSA) is 25.8 Å². The highest BCUT2D eigenvalue weighted by atomic mass is 32.1. The van der Waals surface area contributed by atoms with Crippen molar-refractivity contribution >= 4 is 32.3 Å². The Balaban J connectivity index is 1.30. The van der Waals surface area contributed by atoms with Crippen molar-refractivity contribution in [1.29, 1.82) is 0 Å². The highest BCUT2D eigenvalue weighted by Gasteiger charge is 2.53. The van der Waals surface area contributed by atoms with E-state index in [0.29, 0.717) is 0 Å². The minimum Gasteiger partial charge on any atom is -0.228 e. The van der Waals surface area contributed by atoms with Crippen LogP contribution in [0.4, 0.5) is 0 Å². The van der Waals surface area contributed by atoms with Gasteiger partial charge in [-0.3, -0.25) is 0 Å². The molecule has 1 spiro atoms. The normalized spacial score (nSPS) is 13.6. The van der Waals surface area contributed by atoms with E-state index in [1.807, 2.05) is 17.4 Å². The van der Waals surface area contributed by atoms with Crippen molar-refractivity contribution in [3.8, 4) is 44.9 Å². The van der Waals surface area contributed by atoms with Gasteiger partial charge >= 0.3 is 0 Å². The zero-order valence-electron chi connectivity index (χ0n) is 23.7. The predicted octanol–water partition coefficient (Wildman–Crippen LogP) is 10.5. The summed E-state index contributed by atoms with van der Waals surface area (Å²) in [7, 11) is 0. The largest absolute Gasteiger partial charge is 0.228 e. The Morgan fingerprint density at radius 2 is 1.14 bits per heavy atom. The van der Waals surface area contributed by atoms with E-state index in [2.05, 4.69) is 140 Å². The summed E-state index contributed by atoms with van der Waals surface area (Å²) in [5, 5.41) is 2.39. The fourth-order valence-corrected chi connectivity index (χ4v) is 9.15. The number of aromatic nitrogens is 2. The maximum atomic E-state index is 5.25. The summed E-state index contributed by atoms with van der Waals surface area (Å²) in [5.41, 5.74) is 13.0. The minimum atomic E-state index is -0.392. The second-order valence-electron chi connectivity index (χ2n) is 11.7. The molecule has 0 radical (unpaired) electrons. The summed E-state index contributed by atoms with van der Waals surface area (Å²) in [4.78, 5) is 11.8. The van der Waals surface area contributed by atoms with Crippen LogP contribution in [-0.4, -0.2) is 9.97 Å². The molecule has 2 aliphatic carbocycles. The lowest BCUT2D eigenvalue weighted by Gasteiger charge is -2.29. The minimum absolute atomic E-state index is 0.392. The molecule has 8 aromatic rings. The predicted molar refractivity (Wildman–Crippen MR) is 182 cm³/mol. The van der Waals surface area contributed by atoms with Crippen molar-refractivity contribution in [2.75, 3.05) is 0 Å². The molecule has 10 rings (SSSR count). The van der Waals surface area contributed by atoms with Gasteiger partial charge in [-0.15, -0.1) is 11.3 Å². The van der Waals surface area contributed by atoms with Gasteiger partial charge in [0.1, 0.15) is 0 Å². The first-order valence-electron chi connectivity index (χ1n) is 15.0. The molecule has 0 amide bonds. The SMILES string of the molecule is c1ccc(-c2nc(-c3ccc4c(c3)C3(c5ccccc5-c5ccccc53)c3sc5ccccc5c3-4)nc3ccccc23)cc1. The summed E-state index contributed by atoms with van der Waals surface area (Å²) in [5.74, 6) is 0.750. The molecule has 44 heavy (non-hydrogen) atoms. The lowest BCUT2D eigenvalue weighted by Crippen LogP contribution is -2.25. The van der Waals surface area contributed by atoms with Crippen LogP contribution in [0.1, 0.15) is 21.6 Å². The molecular formula is C41H24N2S. The van der Waals surface area contributed by atoms with Crippen molar-refractivity contribution in [3.63, 3.8) is 0 Å². The number of thiophene rings is 1. The van der Waals surface area contributed by atoms with Crippen molar-refractivity contribution in [3.05, 3.63) is 167 Å². The van der Waals surface area contributed by atoms with Gasteiger partial charge in [0.15, 0.2) is 5.82 Å². The Morgan fingerprint density at radius 1 is 0.477 bits per heavy atom. The third-order valence-electron chi connectivity index (χ3n) is 9.49. The third-order valence-corrected chi connectivity index (χ3v) is 10.8. The van der Waals surface area contributed by atoms with Gasteiger partial charge in [0.25, 0.3) is 0 Å². The molecule has 2 aromatic heterocycles. The summed E-state index contributed by atoms with van der Waals surface area (Å²) in [6.45, 7) is 0. The number of nitrogens with zero attached hydrogens (tertiary/aromatic N) is 2. The zero-order valence-corrected chi connectivity index (χ0v) is 24.5. The highest BCUT2D eigenvalue weighted by molar-refractivity contribution is 7.20. The van der Waals surface area contributed by atoms with Gasteiger partial charge in [-0.05, 0) is 51.6 Å². The van der Waals surface area contributed by atoms with Gasteiger partial charge in [-0.2, -0.15) is 0 Å². The van der Waals surface area contributed by atoms with Crippen LogP contribution in [0, 0.1) is 0 Å². The van der Waals surface area contributed by atoms with E-state index in [-0.39, 0.29) is 0 Å². The molecule has 0 atom stereocenters. The summed E-state index contributed by atoms with van der Waals surface area (Å²) < 4.78 is 1.33. The molecular weight excluding hydrogens is 553 g/mol. The second-order valence-corrected chi connectivity index (χ2v) is 12.7. The van der Waals surface area contributed by atoms with E-state index in [1.165, 1.54) is 53.9 Å². The van der Waals surface area contributed by atoms with Crippen LogP contribution in [0.2, 0.25) is 0 Å². The van der Waals surface area contributed by atoms with Crippen LogP contribution in [-0.2, 0) is 5.41 Å². The maximum absolute atomic E-state index is 5.25. The Hall–Kier alpha value is -5.38. The molecule has 204 valence electrons. The quantitative estimate of drug-likeness (QED) is 0.205. The summed E-state index contributed by atoms with van der Waals surface area (Å²) in [6, 6.07) is 52.6. The van der Waals surface area contributed by atoms with Gasteiger partial charge in [0.05, 0.1) is 16.6 Å². The fourth-order valence-electron chi connectivity index (χ4n) is 7.70. The molecule has 0 aliphatic heterocycles. The Bertz CT molecular complexity index is 2410. The molecule has 6 aromatic carbocycles. The molecule has 0 bridgehead atoms. The summed E-state index contributed by atoms with van der Waals surface area (Å²) in [6.07, 6.45) is 0. The van der Waals surface area contributed by atoms with E-state index in [0.717, 1.165) is 33.5 Å². The van der Waals surface area contributed by atoms with E-state index in [4.69, 9.17) is 9.97 Å². The smallest absolute Gasteiger partial charge is 0.160 e. The van der Waals surface area contributed by atoms with Crippen molar-refractivity contribution in [2.24, 2.45) is 0 Å². The number of benzene rings is 6. The van der Waals surface area contributed by atoms with E-state index >= 15 is 0 Å². The van der Waals surface area contributed by atoms with E-state index in [1.54, 1.807) is 0 Å². The lowest BCUT2D eigenvalue weighted by molar-refractivity contribution is 0.812. The highest BCUT2D eigenvalue weighted by Crippen LogP contribution is 2.66. The second kappa shape index (κ2) is 8.82. The third kappa shape index (κ3) is 3.04. The first-order chi connectivity index (χ1) is 21.8. The van der Waals surface area contributed by atoms with Crippen LogP contribution in [0.5, 0.6) is 0 Å². The molecule has 0 unspecified atom stereocenters. The average Bonchev–Trinajstić information content (AvgIpc) is 3.71. The van der Waals surface area contributed by atoms with E-state index < -0.39 is 5.41 Å². The molecule has 3 heteroatoms. The van der Waals surface area contributed by atoms with Crippen LogP contribution in [0.25, 0.3) is 65.9 Å². The molecule has 0 N–H and O–H groups in total. The summed E-state index contributed by atoms with van der Waals surface area (Å²) >= 11 is 1.94. The van der Waals surface area contributed by atoms with Crippen molar-refractivity contribution in [1.82, 2.24) is 9.97 Å². The Morgan fingerprint density at radius 3 is 1.93 bits per heavy atom. The number of rotatable bonds is 2. The number of hydrogen-bond donors (Lipinski definition) is 0. The number of fused-ring (bicyclic) bond motifs is 13. The molecule has 2 heterocycles. The first kappa shape index (κ1) is 24.1. The zero-order chi connectivity index (χ0) is 28.8. The van der Waals surface area contributed by atoms with Crippen LogP contribution >= 0.6 is 11.3 Å². The molecule has 0 saturated heterocycles. The van der Waals surface area contributed by atoms with Crippen molar-refractivity contribution < 1.29 is 0 Å². The Labute approximate surface area is 259 Å². The maximum Gasteiger partial charge on any atom is 0.160 e. The first-order valence-corrected chi connectivity index (χ1v) is 15.8. The molecule has 0 saturated carbocycles. The number of para-hydroxylation sites is 1. The van der Waals surface area contributed by atoms with E-state index in [9.17, 15) is 0 Å². The lowest BCUT2D eigenvalue weighted by atomic mass is 9.73. The molecule has 2 nitrogen and oxygen atoms in total. The molecule has 2 aliphatic rings. The molecule has 0 fully saturated rings. The monoisotopic (exact) mass is 576 g/mol. The van der Waals surface area contributed by atoms with Gasteiger partial charge in [-0.1, -0.05) is 127 Å². The van der Waals surface area contributed by atoms with Gasteiger partial charge in [0.2, 0.25) is 0 Å². The Kier molecular flexibility index (Phi) is 4.83. The average molecular weight is 577 g/mol. The van der Waals surface area contributed by atoms with Crippen molar-refractivity contribution in [2.45, 2.75) is 5.41 Å². The van der Waals surface area contributed by atoms with Crippen LogP contribution in [0.15, 0.2) is 146 Å². The standard InChI is InChI=1S/C41H24N2S/c1-2-12-25(13-3-1)38-30-16-6-10-20-35(30)42-40(43-38)26-22-23-29-34(24-26)41(39-37(29)31-17-7-11-21-36(31)44-39)32-18-8-4-14-27(32)28-15-5-9-19-33(28)41/h1-24H. The van der Waals surface area contributed by atoms with Gasteiger partial charge < -0.3 is 0 Å². The number of hydrogen-bond acceptors (Lipinski definition) is 3.